The van der Waals surface area contributed by atoms with Gasteiger partial charge >= 0.3 is 0 Å². The predicted molar refractivity (Wildman–Crippen MR) is 45.4 cm³/mol. The van der Waals surface area contributed by atoms with Gasteiger partial charge in [0, 0.05) is 18.6 Å². The smallest absolute Gasteiger partial charge is 0.258 e. The Morgan fingerprint density at radius 2 is 1.86 bits per heavy atom. The van der Waals surface area contributed by atoms with Crippen molar-refractivity contribution in [1.29, 1.82) is 0 Å². The number of hydrogen-bond acceptors (Lipinski definition) is 2. The Bertz CT molecular complexity index is 375. The first-order valence-electron chi connectivity index (χ1n) is 4.13. The molecule has 0 aliphatic heterocycles. The van der Waals surface area contributed by atoms with Crippen molar-refractivity contribution in [3.63, 3.8) is 0 Å². The molecule has 0 aromatic heterocycles. The predicted octanol–water partition coefficient (Wildman–Crippen LogP) is 2.72. The van der Waals surface area contributed by atoms with Crippen molar-refractivity contribution in [2.45, 2.75) is 18.3 Å². The van der Waals surface area contributed by atoms with E-state index < -0.39 is 16.8 Å². The van der Waals surface area contributed by atoms with Crippen molar-refractivity contribution in [1.82, 2.24) is 0 Å². The molecule has 14 heavy (non-hydrogen) atoms. The van der Waals surface area contributed by atoms with Crippen molar-refractivity contribution < 1.29 is 13.7 Å². The second kappa shape index (κ2) is 2.73. The highest BCUT2D eigenvalue weighted by atomic mass is 19.3. The van der Waals surface area contributed by atoms with Crippen LogP contribution < -0.4 is 0 Å². The molecule has 0 saturated heterocycles. The number of rotatable bonds is 2. The molecular weight excluding hydrogens is 192 g/mol. The van der Waals surface area contributed by atoms with Crippen molar-refractivity contribution in [3.05, 3.63) is 39.9 Å². The third-order valence-corrected chi connectivity index (χ3v) is 2.33. The van der Waals surface area contributed by atoms with Crippen molar-refractivity contribution in [3.8, 4) is 0 Å². The van der Waals surface area contributed by atoms with Crippen LogP contribution in [0.25, 0.3) is 0 Å². The van der Waals surface area contributed by atoms with Gasteiger partial charge in [0.2, 0.25) is 0 Å². The molecule has 0 heterocycles. The molecule has 1 saturated carbocycles. The highest BCUT2D eigenvalue weighted by Crippen LogP contribution is 2.55. The number of nitro benzene ring substituents is 1. The van der Waals surface area contributed by atoms with Gasteiger partial charge in [-0.2, -0.15) is 0 Å². The van der Waals surface area contributed by atoms with E-state index in [4.69, 9.17) is 0 Å². The van der Waals surface area contributed by atoms with Gasteiger partial charge in [0.1, 0.15) is 0 Å². The minimum Gasteiger partial charge on any atom is -0.258 e. The second-order valence-electron chi connectivity index (χ2n) is 3.37. The first-order chi connectivity index (χ1) is 6.50. The van der Waals surface area contributed by atoms with Crippen LogP contribution in [0, 0.1) is 10.1 Å². The van der Waals surface area contributed by atoms with Gasteiger partial charge in [-0.15, -0.1) is 0 Å². The zero-order valence-corrected chi connectivity index (χ0v) is 7.11. The lowest BCUT2D eigenvalue weighted by atomic mass is 10.1. The first kappa shape index (κ1) is 9.05. The van der Waals surface area contributed by atoms with Crippen LogP contribution in [-0.4, -0.2) is 10.8 Å². The molecule has 0 N–H and O–H groups in total. The largest absolute Gasteiger partial charge is 0.269 e. The number of non-ortho nitro benzene ring substituents is 1. The van der Waals surface area contributed by atoms with Gasteiger partial charge in [-0.1, -0.05) is 12.1 Å². The van der Waals surface area contributed by atoms with Crippen LogP contribution >= 0.6 is 0 Å². The third kappa shape index (κ3) is 1.45. The molecule has 1 fully saturated rings. The van der Waals surface area contributed by atoms with E-state index in [1.807, 2.05) is 0 Å². The fourth-order valence-corrected chi connectivity index (χ4v) is 1.40. The van der Waals surface area contributed by atoms with Crippen molar-refractivity contribution in [2.75, 3.05) is 0 Å². The molecule has 1 aromatic rings. The second-order valence-corrected chi connectivity index (χ2v) is 3.37. The van der Waals surface area contributed by atoms with Crippen LogP contribution in [0.1, 0.15) is 17.9 Å². The maximum atomic E-state index is 12.6. The molecule has 0 unspecified atom stereocenters. The lowest BCUT2D eigenvalue weighted by Gasteiger charge is -1.98. The highest BCUT2D eigenvalue weighted by molar-refractivity contribution is 5.37. The summed E-state index contributed by atoms with van der Waals surface area (Å²) in [6.45, 7) is 0. The molecule has 74 valence electrons. The van der Waals surface area contributed by atoms with Crippen LogP contribution in [-0.2, 0) is 0 Å². The van der Waals surface area contributed by atoms with Gasteiger partial charge in [0.05, 0.1) is 10.8 Å². The average Bonchev–Trinajstić information content (AvgIpc) is 2.75. The maximum absolute atomic E-state index is 12.6. The molecule has 1 aliphatic rings. The van der Waals surface area contributed by atoms with Crippen LogP contribution in [0.2, 0.25) is 0 Å². The zero-order chi connectivity index (χ0) is 10.3. The summed E-state index contributed by atoms with van der Waals surface area (Å²) in [6, 6.07) is 5.29. The van der Waals surface area contributed by atoms with E-state index in [1.165, 1.54) is 24.3 Å². The Labute approximate surface area is 78.5 Å². The molecule has 0 radical (unpaired) electrons. The molecular formula is C9H7F2NO2. The Hall–Kier alpha value is -1.52. The van der Waals surface area contributed by atoms with Crippen molar-refractivity contribution in [2.24, 2.45) is 0 Å². The lowest BCUT2D eigenvalue weighted by molar-refractivity contribution is -0.384. The van der Waals surface area contributed by atoms with Gasteiger partial charge in [-0.25, -0.2) is 8.78 Å². The number of alkyl halides is 2. The molecule has 0 bridgehead atoms. The number of halogens is 2. The SMILES string of the molecule is O=[N+]([O-])c1ccc([C@@H]2CC2(F)F)cc1. The third-order valence-electron chi connectivity index (χ3n) is 2.33. The normalized spacial score (nSPS) is 23.1. The molecule has 1 aromatic carbocycles. The molecule has 0 amide bonds. The topological polar surface area (TPSA) is 43.1 Å². The zero-order valence-electron chi connectivity index (χ0n) is 7.11. The number of hydrogen-bond donors (Lipinski definition) is 0. The van der Waals surface area contributed by atoms with Crippen LogP contribution in [0.15, 0.2) is 24.3 Å². The minimum absolute atomic E-state index is 0.0716. The number of nitro groups is 1. The standard InChI is InChI=1S/C9H7F2NO2/c10-9(11)5-8(9)6-1-3-7(4-2-6)12(13)14/h1-4,8H,5H2/t8-/m0/s1. The van der Waals surface area contributed by atoms with Crippen LogP contribution in [0.4, 0.5) is 14.5 Å². The van der Waals surface area contributed by atoms with E-state index >= 15 is 0 Å². The van der Waals surface area contributed by atoms with Crippen molar-refractivity contribution >= 4 is 5.69 Å². The monoisotopic (exact) mass is 199 g/mol. The highest BCUT2D eigenvalue weighted by Gasteiger charge is 2.57. The van der Waals surface area contributed by atoms with Gasteiger partial charge < -0.3 is 0 Å². The van der Waals surface area contributed by atoms with Crippen LogP contribution in [0.3, 0.4) is 0 Å². The average molecular weight is 199 g/mol. The van der Waals surface area contributed by atoms with E-state index in [9.17, 15) is 18.9 Å². The number of benzene rings is 1. The molecule has 0 spiro atoms. The summed E-state index contributed by atoms with van der Waals surface area (Å²) in [7, 11) is 0. The molecule has 1 atom stereocenters. The Balaban J connectivity index is 2.20. The van der Waals surface area contributed by atoms with Crippen LogP contribution in [0.5, 0.6) is 0 Å². The van der Waals surface area contributed by atoms with Gasteiger partial charge in [-0.05, 0) is 5.56 Å². The lowest BCUT2D eigenvalue weighted by Crippen LogP contribution is -1.93. The fourth-order valence-electron chi connectivity index (χ4n) is 1.40. The van der Waals surface area contributed by atoms with E-state index in [0.29, 0.717) is 5.56 Å². The summed E-state index contributed by atoms with van der Waals surface area (Å²) >= 11 is 0. The maximum Gasteiger partial charge on any atom is 0.269 e. The summed E-state index contributed by atoms with van der Waals surface area (Å²) in [4.78, 5) is 9.74. The summed E-state index contributed by atoms with van der Waals surface area (Å²) in [6.07, 6.45) is -0.148. The van der Waals surface area contributed by atoms with E-state index in [2.05, 4.69) is 0 Å². The summed E-state index contributed by atoms with van der Waals surface area (Å²) < 4.78 is 25.2. The summed E-state index contributed by atoms with van der Waals surface area (Å²) in [5, 5.41) is 10.3. The first-order valence-corrected chi connectivity index (χ1v) is 4.13. The van der Waals surface area contributed by atoms with Gasteiger partial charge in [0.15, 0.2) is 0 Å². The van der Waals surface area contributed by atoms with E-state index in [1.54, 1.807) is 0 Å². The molecule has 2 rings (SSSR count). The quantitative estimate of drug-likeness (QED) is 0.542. The fraction of sp³-hybridized carbons (Fsp3) is 0.333. The Morgan fingerprint density at radius 3 is 2.21 bits per heavy atom. The summed E-state index contributed by atoms with van der Waals surface area (Å²) in [5.41, 5.74) is 0.401. The Morgan fingerprint density at radius 1 is 1.36 bits per heavy atom. The molecule has 1 aliphatic carbocycles. The Kier molecular flexibility index (Phi) is 1.77. The minimum atomic E-state index is -2.61. The molecule has 3 nitrogen and oxygen atoms in total. The van der Waals surface area contributed by atoms with Gasteiger partial charge in [0.25, 0.3) is 11.6 Å². The van der Waals surface area contributed by atoms with E-state index in [-0.39, 0.29) is 12.1 Å². The molecule has 5 heteroatoms. The van der Waals surface area contributed by atoms with E-state index in [0.717, 1.165) is 0 Å². The van der Waals surface area contributed by atoms with Gasteiger partial charge in [-0.3, -0.25) is 10.1 Å². The summed E-state index contributed by atoms with van der Waals surface area (Å²) in [5.74, 6) is -3.36. The number of nitrogens with zero attached hydrogens (tertiary/aromatic N) is 1.